The minimum Gasteiger partial charge on any atom is -0.497 e. The number of ether oxygens (including phenoxy) is 1. The fourth-order valence-corrected chi connectivity index (χ4v) is 2.96. The third-order valence-corrected chi connectivity index (χ3v) is 4.84. The Morgan fingerprint density at radius 2 is 1.77 bits per heavy atom. The molecule has 1 heterocycles. The molecule has 0 atom stereocenters. The number of ketones is 1. The fraction of sp³-hybridized carbons (Fsp3) is 0.292. The molecule has 0 bridgehead atoms. The zero-order valence-electron chi connectivity index (χ0n) is 17.5. The Balaban J connectivity index is 1.47. The summed E-state index contributed by atoms with van der Waals surface area (Å²) in [6.07, 6.45) is 2.24. The molecule has 6 heteroatoms. The summed E-state index contributed by atoms with van der Waals surface area (Å²) in [6, 6.07) is 15.0. The summed E-state index contributed by atoms with van der Waals surface area (Å²) in [5.41, 5.74) is 2.74. The Labute approximate surface area is 176 Å². The maximum absolute atomic E-state index is 12.2. The van der Waals surface area contributed by atoms with Crippen LogP contribution >= 0.6 is 0 Å². The highest BCUT2D eigenvalue weighted by molar-refractivity contribution is 5.99. The van der Waals surface area contributed by atoms with Crippen LogP contribution in [0.25, 0.3) is 11.3 Å². The average molecular weight is 406 g/mol. The Hall–Kier alpha value is -3.41. The van der Waals surface area contributed by atoms with Crippen molar-refractivity contribution in [2.24, 2.45) is 0 Å². The van der Waals surface area contributed by atoms with Gasteiger partial charge in [0.25, 0.3) is 0 Å². The van der Waals surface area contributed by atoms with Crippen molar-refractivity contribution in [1.29, 1.82) is 0 Å². The topological polar surface area (TPSA) is 81.4 Å². The zero-order chi connectivity index (χ0) is 21.5. The molecule has 156 valence electrons. The second kappa shape index (κ2) is 9.87. The van der Waals surface area contributed by atoms with Gasteiger partial charge in [-0.25, -0.2) is 4.98 Å². The van der Waals surface area contributed by atoms with Crippen molar-refractivity contribution in [3.8, 4) is 17.1 Å². The number of carbonyl (C=O) groups is 2. The lowest BCUT2D eigenvalue weighted by molar-refractivity contribution is -0.120. The van der Waals surface area contributed by atoms with Gasteiger partial charge in [0, 0.05) is 24.0 Å². The summed E-state index contributed by atoms with van der Waals surface area (Å²) < 4.78 is 10.8. The maximum Gasteiger partial charge on any atom is 0.220 e. The molecular weight excluding hydrogens is 380 g/mol. The molecule has 0 spiro atoms. The summed E-state index contributed by atoms with van der Waals surface area (Å²) in [5, 5.41) is 2.65. The van der Waals surface area contributed by atoms with Crippen LogP contribution in [0.15, 0.2) is 59.1 Å². The summed E-state index contributed by atoms with van der Waals surface area (Å²) in [4.78, 5) is 28.5. The van der Waals surface area contributed by atoms with E-state index in [2.05, 4.69) is 36.3 Å². The van der Waals surface area contributed by atoms with E-state index in [4.69, 9.17) is 9.15 Å². The van der Waals surface area contributed by atoms with Crippen molar-refractivity contribution in [2.45, 2.75) is 32.6 Å². The number of aromatic nitrogens is 1. The van der Waals surface area contributed by atoms with Crippen molar-refractivity contribution in [2.75, 3.05) is 13.7 Å². The number of hydrogen-bond acceptors (Lipinski definition) is 5. The number of oxazole rings is 1. The number of hydrogen-bond donors (Lipinski definition) is 1. The zero-order valence-corrected chi connectivity index (χ0v) is 17.5. The number of aryl methyl sites for hydroxylation is 1. The van der Waals surface area contributed by atoms with Crippen LogP contribution in [0.3, 0.4) is 0 Å². The van der Waals surface area contributed by atoms with E-state index < -0.39 is 0 Å². The van der Waals surface area contributed by atoms with E-state index in [9.17, 15) is 9.59 Å². The predicted molar refractivity (Wildman–Crippen MR) is 115 cm³/mol. The summed E-state index contributed by atoms with van der Waals surface area (Å²) >= 11 is 0. The lowest BCUT2D eigenvalue weighted by Crippen LogP contribution is -2.29. The van der Waals surface area contributed by atoms with E-state index in [-0.39, 0.29) is 24.7 Å². The van der Waals surface area contributed by atoms with Crippen LogP contribution in [0.4, 0.5) is 0 Å². The first-order chi connectivity index (χ1) is 14.5. The first-order valence-electron chi connectivity index (χ1n) is 9.95. The van der Waals surface area contributed by atoms with Crippen LogP contribution in [0, 0.1) is 0 Å². The van der Waals surface area contributed by atoms with Crippen molar-refractivity contribution < 1.29 is 18.7 Å². The van der Waals surface area contributed by atoms with Crippen molar-refractivity contribution >= 4 is 11.7 Å². The van der Waals surface area contributed by atoms with Crippen LogP contribution in [0.5, 0.6) is 5.75 Å². The second-order valence-corrected chi connectivity index (χ2v) is 7.32. The van der Waals surface area contributed by atoms with E-state index in [1.54, 1.807) is 37.6 Å². The third kappa shape index (κ3) is 5.56. The van der Waals surface area contributed by atoms with Gasteiger partial charge in [0.15, 0.2) is 17.4 Å². The van der Waals surface area contributed by atoms with Gasteiger partial charge in [0.05, 0.1) is 19.9 Å². The summed E-state index contributed by atoms with van der Waals surface area (Å²) in [6.45, 7) is 4.25. The monoisotopic (exact) mass is 406 g/mol. The maximum atomic E-state index is 12.2. The van der Waals surface area contributed by atoms with Gasteiger partial charge in [0.1, 0.15) is 5.75 Å². The highest BCUT2D eigenvalue weighted by atomic mass is 16.5. The normalized spacial score (nSPS) is 10.8. The third-order valence-electron chi connectivity index (χ3n) is 4.84. The molecule has 0 aliphatic rings. The van der Waals surface area contributed by atoms with Crippen molar-refractivity contribution in [3.05, 3.63) is 71.7 Å². The molecule has 3 rings (SSSR count). The lowest BCUT2D eigenvalue weighted by Gasteiger charge is -2.05. The fourth-order valence-electron chi connectivity index (χ4n) is 2.96. The van der Waals surface area contributed by atoms with Crippen LogP contribution in [-0.4, -0.2) is 30.3 Å². The van der Waals surface area contributed by atoms with Gasteiger partial charge >= 0.3 is 0 Å². The minimum absolute atomic E-state index is 0.0514. The average Bonchev–Trinajstić information content (AvgIpc) is 3.25. The number of benzene rings is 2. The number of amides is 1. The summed E-state index contributed by atoms with van der Waals surface area (Å²) in [5.74, 6) is 1.94. The molecule has 1 amide bonds. The van der Waals surface area contributed by atoms with Gasteiger partial charge in [-0.1, -0.05) is 38.1 Å². The molecule has 2 aromatic carbocycles. The lowest BCUT2D eigenvalue weighted by atomic mass is 10.0. The molecule has 1 N–H and O–H groups in total. The number of nitrogens with one attached hydrogen (secondary N) is 1. The van der Waals surface area contributed by atoms with Gasteiger partial charge in [0.2, 0.25) is 5.91 Å². The molecule has 0 radical (unpaired) electrons. The van der Waals surface area contributed by atoms with Crippen molar-refractivity contribution in [3.63, 3.8) is 0 Å². The van der Waals surface area contributed by atoms with Crippen LogP contribution in [-0.2, 0) is 11.2 Å². The van der Waals surface area contributed by atoms with Gasteiger partial charge < -0.3 is 14.5 Å². The van der Waals surface area contributed by atoms with E-state index >= 15 is 0 Å². The van der Waals surface area contributed by atoms with Crippen LogP contribution in [0.2, 0.25) is 0 Å². The van der Waals surface area contributed by atoms with E-state index in [1.807, 2.05) is 12.1 Å². The molecule has 1 aromatic heterocycles. The highest BCUT2D eigenvalue weighted by Crippen LogP contribution is 2.23. The van der Waals surface area contributed by atoms with E-state index in [0.29, 0.717) is 35.3 Å². The molecular formula is C24H26N2O4. The number of Topliss-reactive ketones (excluding diaryl/α,β-unsaturated/α-hetero) is 1. The molecule has 0 unspecified atom stereocenters. The Kier molecular flexibility index (Phi) is 7.01. The first-order valence-corrected chi connectivity index (χ1v) is 9.95. The SMILES string of the molecule is COc1ccc(C(=O)CNC(=O)CCc2ncc(-c3ccc(C(C)C)cc3)o2)cc1. The molecule has 6 nitrogen and oxygen atoms in total. The smallest absolute Gasteiger partial charge is 0.220 e. The van der Waals surface area contributed by atoms with E-state index in [0.717, 1.165) is 5.56 Å². The minimum atomic E-state index is -0.224. The first kappa shape index (κ1) is 21.3. The van der Waals surface area contributed by atoms with Gasteiger partial charge in [-0.3, -0.25) is 9.59 Å². The van der Waals surface area contributed by atoms with Gasteiger partial charge in [-0.2, -0.15) is 0 Å². The van der Waals surface area contributed by atoms with Gasteiger partial charge in [-0.15, -0.1) is 0 Å². The second-order valence-electron chi connectivity index (χ2n) is 7.32. The molecule has 0 aliphatic carbocycles. The Morgan fingerprint density at radius 3 is 2.40 bits per heavy atom. The number of carbonyl (C=O) groups excluding carboxylic acids is 2. The largest absolute Gasteiger partial charge is 0.497 e. The number of nitrogens with zero attached hydrogens (tertiary/aromatic N) is 1. The molecule has 0 fully saturated rings. The Bertz CT molecular complexity index is 989. The molecule has 0 aliphatic heterocycles. The number of rotatable bonds is 9. The molecule has 0 saturated heterocycles. The highest BCUT2D eigenvalue weighted by Gasteiger charge is 2.12. The standard InChI is InChI=1S/C24H26N2O4/c1-16(2)17-4-6-19(7-5-17)22-15-26-24(30-22)13-12-23(28)25-14-21(27)18-8-10-20(29-3)11-9-18/h4-11,15-16H,12-14H2,1-3H3,(H,25,28). The molecule has 3 aromatic rings. The molecule has 30 heavy (non-hydrogen) atoms. The Morgan fingerprint density at radius 1 is 1.07 bits per heavy atom. The van der Waals surface area contributed by atoms with Gasteiger partial charge in [-0.05, 0) is 35.7 Å². The van der Waals surface area contributed by atoms with E-state index in [1.165, 1.54) is 5.56 Å². The van der Waals surface area contributed by atoms with Crippen LogP contribution < -0.4 is 10.1 Å². The summed E-state index contributed by atoms with van der Waals surface area (Å²) in [7, 11) is 1.57. The quantitative estimate of drug-likeness (QED) is 0.533. The number of methoxy groups -OCH3 is 1. The predicted octanol–water partition coefficient (Wildman–Crippen LogP) is 4.41. The molecule has 0 saturated carbocycles. The van der Waals surface area contributed by atoms with Crippen LogP contribution in [0.1, 0.15) is 48.0 Å². The van der Waals surface area contributed by atoms with Crippen molar-refractivity contribution in [1.82, 2.24) is 10.3 Å².